The molecule has 0 heterocycles. The van der Waals surface area contributed by atoms with E-state index in [4.69, 9.17) is 0 Å². The van der Waals surface area contributed by atoms with Gasteiger partial charge in [0.05, 0.1) is 0 Å². The summed E-state index contributed by atoms with van der Waals surface area (Å²) in [4.78, 5) is 0. The van der Waals surface area contributed by atoms with Crippen LogP contribution in [0.1, 0.15) is 72.1 Å². The van der Waals surface area contributed by atoms with Gasteiger partial charge in [0.1, 0.15) is 0 Å². The summed E-state index contributed by atoms with van der Waals surface area (Å²) in [6.45, 7) is 6.87. The Bertz CT molecular complexity index is 243. The third kappa shape index (κ3) is 3.52. The van der Waals surface area contributed by atoms with Crippen molar-refractivity contribution in [1.82, 2.24) is 0 Å². The second-order valence-corrected chi connectivity index (χ2v) is 4.62. The van der Waals surface area contributed by atoms with Gasteiger partial charge < -0.3 is 0 Å². The van der Waals surface area contributed by atoms with Crippen LogP contribution < -0.4 is 0 Å². The van der Waals surface area contributed by atoms with E-state index in [-0.39, 0.29) is 0 Å². The molecule has 0 bridgehead atoms. The minimum absolute atomic E-state index is 1.25. The van der Waals surface area contributed by atoms with E-state index in [0.717, 1.165) is 0 Å². The summed E-state index contributed by atoms with van der Waals surface area (Å²) in [5.74, 6) is 0. The predicted molar refractivity (Wildman–Crippen MR) is 69.1 cm³/mol. The number of hydrogen-bond donors (Lipinski definition) is 0. The van der Waals surface area contributed by atoms with Crippen LogP contribution in [0.2, 0.25) is 0 Å². The zero-order chi connectivity index (χ0) is 11.1. The van der Waals surface area contributed by atoms with Crippen LogP contribution in [0.25, 0.3) is 0 Å². The fourth-order valence-electron chi connectivity index (χ4n) is 2.48. The van der Waals surface area contributed by atoms with Gasteiger partial charge in [-0.05, 0) is 43.3 Å². The van der Waals surface area contributed by atoms with Gasteiger partial charge in [0.25, 0.3) is 0 Å². The van der Waals surface area contributed by atoms with Gasteiger partial charge in [-0.25, -0.2) is 0 Å². The molecule has 0 N–H and O–H groups in total. The highest BCUT2D eigenvalue weighted by atomic mass is 14.2. The van der Waals surface area contributed by atoms with E-state index in [1.54, 1.807) is 16.7 Å². The van der Waals surface area contributed by atoms with Crippen molar-refractivity contribution >= 4 is 0 Å². The highest BCUT2D eigenvalue weighted by molar-refractivity contribution is 5.42. The molecule has 0 spiro atoms. The molecule has 15 heavy (non-hydrogen) atoms. The minimum Gasteiger partial charge on any atom is -0.0770 e. The maximum atomic E-state index is 2.49. The molecule has 0 saturated heterocycles. The van der Waals surface area contributed by atoms with Crippen LogP contribution in [0.3, 0.4) is 0 Å². The van der Waals surface area contributed by atoms with Crippen molar-refractivity contribution in [1.29, 1.82) is 0 Å². The average molecular weight is 206 g/mol. The predicted octanol–water partition coefficient (Wildman–Crippen LogP) is 5.40. The lowest BCUT2D eigenvalue weighted by atomic mass is 9.95. The first-order valence-electron chi connectivity index (χ1n) is 6.73. The third-order valence-electron chi connectivity index (χ3n) is 3.26. The fourth-order valence-corrected chi connectivity index (χ4v) is 2.48. The molecule has 0 unspecified atom stereocenters. The Balaban J connectivity index is 2.63. The molecule has 0 heteroatoms. The quantitative estimate of drug-likeness (QED) is 0.523. The number of allylic oxidation sites excluding steroid dienone is 4. The van der Waals surface area contributed by atoms with Crippen LogP contribution in [-0.4, -0.2) is 0 Å². The summed E-state index contributed by atoms with van der Waals surface area (Å²) in [5.41, 5.74) is 5.15. The molecular formula is C15H26. The van der Waals surface area contributed by atoms with Gasteiger partial charge >= 0.3 is 0 Å². The molecule has 0 atom stereocenters. The average Bonchev–Trinajstić information content (AvgIpc) is 2.60. The van der Waals surface area contributed by atoms with Gasteiger partial charge in [0.15, 0.2) is 0 Å². The lowest BCUT2D eigenvalue weighted by Crippen LogP contribution is -1.91. The summed E-state index contributed by atoms with van der Waals surface area (Å²) in [7, 11) is 0. The van der Waals surface area contributed by atoms with Crippen molar-refractivity contribution in [2.75, 3.05) is 0 Å². The van der Waals surface area contributed by atoms with Crippen LogP contribution in [0.4, 0.5) is 0 Å². The van der Waals surface area contributed by atoms with E-state index in [1.165, 1.54) is 51.4 Å². The minimum atomic E-state index is 1.25. The Morgan fingerprint density at radius 1 is 0.933 bits per heavy atom. The smallest absolute Gasteiger partial charge is 0.0127 e. The lowest BCUT2D eigenvalue weighted by Gasteiger charge is -2.10. The first-order valence-corrected chi connectivity index (χ1v) is 6.73. The van der Waals surface area contributed by atoms with Crippen LogP contribution in [0, 0.1) is 0 Å². The molecule has 1 aliphatic rings. The number of hydrogen-bond acceptors (Lipinski definition) is 0. The first kappa shape index (κ1) is 12.5. The van der Waals surface area contributed by atoms with E-state index in [9.17, 15) is 0 Å². The zero-order valence-corrected chi connectivity index (χ0v) is 10.7. The Morgan fingerprint density at radius 2 is 1.67 bits per heavy atom. The molecule has 0 fully saturated rings. The van der Waals surface area contributed by atoms with Crippen LogP contribution >= 0.6 is 0 Å². The van der Waals surface area contributed by atoms with Crippen LogP contribution in [-0.2, 0) is 0 Å². The molecular weight excluding hydrogens is 180 g/mol. The van der Waals surface area contributed by atoms with Crippen molar-refractivity contribution in [3.63, 3.8) is 0 Å². The molecule has 0 aromatic rings. The van der Waals surface area contributed by atoms with E-state index in [2.05, 4.69) is 26.8 Å². The molecule has 0 saturated carbocycles. The topological polar surface area (TPSA) is 0 Å². The van der Waals surface area contributed by atoms with Gasteiger partial charge in [0, 0.05) is 0 Å². The van der Waals surface area contributed by atoms with Gasteiger partial charge in [-0.15, -0.1) is 0 Å². The molecule has 1 aliphatic carbocycles. The monoisotopic (exact) mass is 206 g/mol. The summed E-state index contributed by atoms with van der Waals surface area (Å²) in [6.07, 6.45) is 13.0. The number of rotatable bonds is 7. The van der Waals surface area contributed by atoms with E-state index in [0.29, 0.717) is 0 Å². The maximum Gasteiger partial charge on any atom is -0.0127 e. The third-order valence-corrected chi connectivity index (χ3v) is 3.26. The van der Waals surface area contributed by atoms with Crippen molar-refractivity contribution in [3.05, 3.63) is 22.8 Å². The second-order valence-electron chi connectivity index (χ2n) is 4.62. The van der Waals surface area contributed by atoms with E-state index >= 15 is 0 Å². The van der Waals surface area contributed by atoms with Gasteiger partial charge in [0.2, 0.25) is 0 Å². The normalized spacial score (nSPS) is 16.1. The highest BCUT2D eigenvalue weighted by Crippen LogP contribution is 2.34. The summed E-state index contributed by atoms with van der Waals surface area (Å²) in [5, 5.41) is 0. The van der Waals surface area contributed by atoms with E-state index in [1.807, 2.05) is 0 Å². The SMILES string of the molecule is CCCCC1=CCC(CCC)=C1CCC. The molecule has 0 amide bonds. The molecule has 0 aliphatic heterocycles. The summed E-state index contributed by atoms with van der Waals surface area (Å²) in [6, 6.07) is 0. The maximum absolute atomic E-state index is 2.49. The van der Waals surface area contributed by atoms with Crippen molar-refractivity contribution in [2.45, 2.75) is 72.1 Å². The van der Waals surface area contributed by atoms with Gasteiger partial charge in [-0.3, -0.25) is 0 Å². The lowest BCUT2D eigenvalue weighted by molar-refractivity contribution is 0.774. The van der Waals surface area contributed by atoms with Crippen molar-refractivity contribution in [3.8, 4) is 0 Å². The largest absolute Gasteiger partial charge is 0.0770 e. The fraction of sp³-hybridized carbons (Fsp3) is 0.733. The molecule has 1 rings (SSSR count). The Kier molecular flexibility index (Phi) is 5.75. The van der Waals surface area contributed by atoms with E-state index < -0.39 is 0 Å². The van der Waals surface area contributed by atoms with Crippen molar-refractivity contribution < 1.29 is 0 Å². The van der Waals surface area contributed by atoms with Gasteiger partial charge in [-0.1, -0.05) is 51.7 Å². The Morgan fingerprint density at radius 3 is 2.27 bits per heavy atom. The molecule has 0 aromatic heterocycles. The zero-order valence-electron chi connectivity index (χ0n) is 10.7. The first-order chi connectivity index (χ1) is 7.33. The second kappa shape index (κ2) is 6.87. The summed E-state index contributed by atoms with van der Waals surface area (Å²) < 4.78 is 0. The Hall–Kier alpha value is -0.520. The van der Waals surface area contributed by atoms with Crippen molar-refractivity contribution in [2.24, 2.45) is 0 Å². The summed E-state index contributed by atoms with van der Waals surface area (Å²) >= 11 is 0. The van der Waals surface area contributed by atoms with Gasteiger partial charge in [-0.2, -0.15) is 0 Å². The van der Waals surface area contributed by atoms with Crippen LogP contribution in [0.5, 0.6) is 0 Å². The molecule has 0 radical (unpaired) electrons. The highest BCUT2D eigenvalue weighted by Gasteiger charge is 2.15. The van der Waals surface area contributed by atoms with Crippen LogP contribution in [0.15, 0.2) is 22.8 Å². The molecule has 0 aromatic carbocycles. The molecule has 86 valence electrons. The standard InChI is InChI=1S/C15H26/c1-4-7-10-14-12-11-13(8-5-2)15(14)9-6-3/h12H,4-11H2,1-3H3. The molecule has 0 nitrogen and oxygen atoms in total. The number of unbranched alkanes of at least 4 members (excludes halogenated alkanes) is 1. The Labute approximate surface area is 95.5 Å².